The summed E-state index contributed by atoms with van der Waals surface area (Å²) in [5.41, 5.74) is 2.26. The number of carbonyl (C=O) groups is 2. The maximum Gasteiger partial charge on any atom is 0.255 e. The second-order valence-electron chi connectivity index (χ2n) is 8.81. The van der Waals surface area contributed by atoms with Crippen molar-refractivity contribution < 1.29 is 19.1 Å². The highest BCUT2D eigenvalue weighted by Gasteiger charge is 2.41. The molecule has 0 radical (unpaired) electrons. The fourth-order valence-electron chi connectivity index (χ4n) is 4.78. The van der Waals surface area contributed by atoms with Gasteiger partial charge in [-0.1, -0.05) is 31.2 Å². The molecule has 1 heterocycles. The lowest BCUT2D eigenvalue weighted by molar-refractivity contribution is -0.126. The molecule has 0 unspecified atom stereocenters. The average Bonchev–Trinajstić information content (AvgIpc) is 3.08. The van der Waals surface area contributed by atoms with Crippen LogP contribution in [0.2, 0.25) is 0 Å². The van der Waals surface area contributed by atoms with E-state index >= 15 is 0 Å². The molecule has 6 nitrogen and oxygen atoms in total. The summed E-state index contributed by atoms with van der Waals surface area (Å²) in [5, 5.41) is 3.23. The van der Waals surface area contributed by atoms with Gasteiger partial charge in [-0.3, -0.25) is 9.59 Å². The van der Waals surface area contributed by atoms with Crippen LogP contribution in [0.5, 0.6) is 11.5 Å². The molecule has 1 aliphatic carbocycles. The molecule has 2 aliphatic rings. The molecule has 2 amide bonds. The molecule has 1 saturated carbocycles. The highest BCUT2D eigenvalue weighted by Crippen LogP contribution is 2.37. The van der Waals surface area contributed by atoms with Crippen molar-refractivity contribution in [1.29, 1.82) is 0 Å². The first-order valence-electron chi connectivity index (χ1n) is 11.5. The van der Waals surface area contributed by atoms with E-state index in [0.29, 0.717) is 36.1 Å². The highest BCUT2D eigenvalue weighted by molar-refractivity contribution is 6.04. The Bertz CT molecular complexity index is 982. The predicted octanol–water partition coefficient (Wildman–Crippen LogP) is 4.49. The number of methoxy groups -OCH3 is 1. The average molecular weight is 437 g/mol. The Morgan fingerprint density at radius 1 is 1.09 bits per heavy atom. The first-order chi connectivity index (χ1) is 15.5. The molecule has 1 fully saturated rings. The zero-order valence-corrected chi connectivity index (χ0v) is 19.1. The molecule has 1 atom stereocenters. The van der Waals surface area contributed by atoms with Gasteiger partial charge in [-0.25, -0.2) is 0 Å². The molecule has 1 aliphatic heterocycles. The minimum atomic E-state index is -0.629. The number of amides is 2. The molecule has 2 aromatic carbocycles. The van der Waals surface area contributed by atoms with Crippen LogP contribution in [0.1, 0.15) is 67.1 Å². The second-order valence-corrected chi connectivity index (χ2v) is 8.81. The summed E-state index contributed by atoms with van der Waals surface area (Å²) in [7, 11) is 1.60. The van der Waals surface area contributed by atoms with E-state index < -0.39 is 6.04 Å². The molecule has 32 heavy (non-hydrogen) atoms. The van der Waals surface area contributed by atoms with Crippen LogP contribution in [0.25, 0.3) is 0 Å². The van der Waals surface area contributed by atoms with E-state index in [2.05, 4.69) is 12.2 Å². The molecule has 6 heteroatoms. The van der Waals surface area contributed by atoms with Crippen molar-refractivity contribution in [2.45, 2.75) is 58.2 Å². The van der Waals surface area contributed by atoms with E-state index in [1.807, 2.05) is 43.3 Å². The lowest BCUT2D eigenvalue weighted by Crippen LogP contribution is -2.44. The van der Waals surface area contributed by atoms with Crippen LogP contribution in [-0.4, -0.2) is 36.5 Å². The topological polar surface area (TPSA) is 67.9 Å². The smallest absolute Gasteiger partial charge is 0.255 e. The molecule has 0 spiro atoms. The zero-order valence-electron chi connectivity index (χ0n) is 19.1. The van der Waals surface area contributed by atoms with Crippen LogP contribution >= 0.6 is 0 Å². The fraction of sp³-hybridized carbons (Fsp3) is 0.462. The van der Waals surface area contributed by atoms with Gasteiger partial charge >= 0.3 is 0 Å². The summed E-state index contributed by atoms with van der Waals surface area (Å²) < 4.78 is 11.1. The third-order valence-electron chi connectivity index (χ3n) is 6.55. The molecule has 0 saturated heterocycles. The van der Waals surface area contributed by atoms with Crippen molar-refractivity contribution in [3.05, 3.63) is 59.2 Å². The summed E-state index contributed by atoms with van der Waals surface area (Å²) in [5.74, 6) is 1.77. The van der Waals surface area contributed by atoms with Crippen LogP contribution < -0.4 is 14.8 Å². The number of hydrogen-bond acceptors (Lipinski definition) is 4. The Hall–Kier alpha value is -3.02. The number of hydrogen-bond donors (Lipinski definition) is 1. The zero-order chi connectivity index (χ0) is 22.7. The van der Waals surface area contributed by atoms with Gasteiger partial charge in [0, 0.05) is 18.2 Å². The highest BCUT2D eigenvalue weighted by atomic mass is 16.5. The summed E-state index contributed by atoms with van der Waals surface area (Å²) >= 11 is 0. The maximum absolute atomic E-state index is 13.4. The largest absolute Gasteiger partial charge is 0.493 e. The number of ether oxygens (including phenoxy) is 2. The molecule has 4 rings (SSSR count). The minimum absolute atomic E-state index is 0.0965. The summed E-state index contributed by atoms with van der Waals surface area (Å²) in [4.78, 5) is 28.3. The van der Waals surface area contributed by atoms with Crippen molar-refractivity contribution in [3.8, 4) is 11.5 Å². The van der Waals surface area contributed by atoms with E-state index in [1.54, 1.807) is 18.1 Å². The lowest BCUT2D eigenvalue weighted by Gasteiger charge is -2.30. The van der Waals surface area contributed by atoms with Gasteiger partial charge in [-0.15, -0.1) is 0 Å². The monoisotopic (exact) mass is 436 g/mol. The lowest BCUT2D eigenvalue weighted by atomic mass is 9.87. The van der Waals surface area contributed by atoms with Crippen molar-refractivity contribution in [2.75, 3.05) is 13.7 Å². The standard InChI is InChI=1S/C26H32N2O4/c1-4-32-22-14-11-18(15-23(22)31-3)16-28-24(20-7-5-6-8-21(20)26(28)30)25(29)27-19-12-9-17(2)10-13-19/h5-8,11,14-15,17,19,24H,4,9-10,12-13,16H2,1-3H3,(H,27,29)/t17?,19?,24-/m0/s1. The SMILES string of the molecule is CCOc1ccc(CN2C(=O)c3ccccc3[C@H]2C(=O)NC2CCC(C)CC2)cc1OC. The quantitative estimate of drug-likeness (QED) is 0.695. The molecule has 1 N–H and O–H groups in total. The van der Waals surface area contributed by atoms with E-state index in [0.717, 1.165) is 36.8 Å². The van der Waals surface area contributed by atoms with E-state index in [-0.39, 0.29) is 17.9 Å². The molecular formula is C26H32N2O4. The Kier molecular flexibility index (Phi) is 6.68. The van der Waals surface area contributed by atoms with Crippen LogP contribution in [0, 0.1) is 5.92 Å². The van der Waals surface area contributed by atoms with Gasteiger partial charge in [0.15, 0.2) is 11.5 Å². The third kappa shape index (κ3) is 4.45. The fourth-order valence-corrected chi connectivity index (χ4v) is 4.78. The first kappa shape index (κ1) is 22.2. The molecular weight excluding hydrogens is 404 g/mol. The summed E-state index contributed by atoms with van der Waals surface area (Å²) in [6.45, 7) is 5.04. The Morgan fingerprint density at radius 3 is 2.56 bits per heavy atom. The van der Waals surface area contributed by atoms with Gasteiger partial charge in [-0.2, -0.15) is 0 Å². The van der Waals surface area contributed by atoms with Gasteiger partial charge in [0.1, 0.15) is 6.04 Å². The number of benzene rings is 2. The number of fused-ring (bicyclic) bond motifs is 1. The molecule has 0 aromatic heterocycles. The van der Waals surface area contributed by atoms with Gasteiger partial charge in [0.25, 0.3) is 5.91 Å². The summed E-state index contributed by atoms with van der Waals surface area (Å²) in [6, 6.07) is 12.6. The van der Waals surface area contributed by atoms with Crippen molar-refractivity contribution in [2.24, 2.45) is 5.92 Å². The maximum atomic E-state index is 13.4. The predicted molar refractivity (Wildman–Crippen MR) is 123 cm³/mol. The van der Waals surface area contributed by atoms with Gasteiger partial charge < -0.3 is 19.7 Å². The van der Waals surface area contributed by atoms with Crippen LogP contribution in [0.15, 0.2) is 42.5 Å². The number of nitrogens with one attached hydrogen (secondary N) is 1. The Labute approximate surface area is 189 Å². The van der Waals surface area contributed by atoms with Crippen LogP contribution in [0.3, 0.4) is 0 Å². The number of carbonyl (C=O) groups excluding carboxylic acids is 2. The van der Waals surface area contributed by atoms with Gasteiger partial charge in [-0.05, 0) is 67.9 Å². The molecule has 170 valence electrons. The van der Waals surface area contributed by atoms with E-state index in [9.17, 15) is 9.59 Å². The molecule has 0 bridgehead atoms. The van der Waals surface area contributed by atoms with E-state index in [4.69, 9.17) is 9.47 Å². The molecule has 2 aromatic rings. The number of rotatable bonds is 7. The van der Waals surface area contributed by atoms with Crippen molar-refractivity contribution in [1.82, 2.24) is 10.2 Å². The van der Waals surface area contributed by atoms with E-state index in [1.165, 1.54) is 0 Å². The third-order valence-corrected chi connectivity index (χ3v) is 6.55. The van der Waals surface area contributed by atoms with Gasteiger partial charge in [0.05, 0.1) is 13.7 Å². The Balaban J connectivity index is 1.58. The van der Waals surface area contributed by atoms with Crippen LogP contribution in [0.4, 0.5) is 0 Å². The normalized spacial score (nSPS) is 22.4. The van der Waals surface area contributed by atoms with Crippen molar-refractivity contribution >= 4 is 11.8 Å². The minimum Gasteiger partial charge on any atom is -0.493 e. The Morgan fingerprint density at radius 2 is 1.84 bits per heavy atom. The first-order valence-corrected chi connectivity index (χ1v) is 11.5. The second kappa shape index (κ2) is 9.63. The van der Waals surface area contributed by atoms with Gasteiger partial charge in [0.2, 0.25) is 5.91 Å². The van der Waals surface area contributed by atoms with Crippen molar-refractivity contribution in [3.63, 3.8) is 0 Å². The van der Waals surface area contributed by atoms with Crippen LogP contribution in [-0.2, 0) is 11.3 Å². The summed E-state index contributed by atoms with van der Waals surface area (Å²) in [6.07, 6.45) is 4.23. The number of nitrogens with zero attached hydrogens (tertiary/aromatic N) is 1.